The van der Waals surface area contributed by atoms with Crippen LogP contribution in [0.4, 0.5) is 5.69 Å². The number of aryl methyl sites for hydroxylation is 4. The molecule has 0 unspecified atom stereocenters. The van der Waals surface area contributed by atoms with Crippen LogP contribution in [0.25, 0.3) is 11.8 Å². The minimum absolute atomic E-state index is 0.136. The summed E-state index contributed by atoms with van der Waals surface area (Å²) in [5.74, 6) is -0.741. The molecule has 0 saturated carbocycles. The topological polar surface area (TPSA) is 54.3 Å². The van der Waals surface area contributed by atoms with Gasteiger partial charge in [0.25, 0.3) is 11.8 Å². The fourth-order valence-corrected chi connectivity index (χ4v) is 4.27. The van der Waals surface area contributed by atoms with Crippen molar-refractivity contribution in [2.45, 2.75) is 34.6 Å². The molecule has 0 spiro atoms. The highest BCUT2D eigenvalue weighted by Gasteiger charge is 2.34. The van der Waals surface area contributed by atoms with Crippen LogP contribution >= 0.6 is 0 Å². The Morgan fingerprint density at radius 3 is 2.13 bits per heavy atom. The van der Waals surface area contributed by atoms with E-state index < -0.39 is 5.91 Å². The molecule has 0 bridgehead atoms. The molecule has 0 aliphatic carbocycles. The number of hydrazine groups is 1. The summed E-state index contributed by atoms with van der Waals surface area (Å²) in [4.78, 5) is 25.4. The van der Waals surface area contributed by atoms with Crippen molar-refractivity contribution in [1.29, 1.82) is 0 Å². The molecule has 1 fully saturated rings. The van der Waals surface area contributed by atoms with E-state index in [-0.39, 0.29) is 11.5 Å². The summed E-state index contributed by atoms with van der Waals surface area (Å²) in [5, 5.41) is 1.29. The smallest absolute Gasteiger partial charge is 0.282 e. The molecule has 30 heavy (non-hydrogen) atoms. The van der Waals surface area contributed by atoms with Crippen molar-refractivity contribution in [3.8, 4) is 5.69 Å². The summed E-state index contributed by atoms with van der Waals surface area (Å²) in [5.41, 5.74) is 11.1. The molecule has 0 radical (unpaired) electrons. The monoisotopic (exact) mass is 399 g/mol. The lowest BCUT2D eigenvalue weighted by Crippen LogP contribution is -2.35. The van der Waals surface area contributed by atoms with Crippen LogP contribution in [0.15, 0.2) is 54.1 Å². The van der Waals surface area contributed by atoms with E-state index in [1.807, 2.05) is 38.1 Å². The lowest BCUT2D eigenvalue weighted by Gasteiger charge is -2.17. The number of para-hydroxylation sites is 1. The molecule has 2 amide bonds. The third kappa shape index (κ3) is 3.22. The number of nitrogens with zero attached hydrogens (tertiary/aromatic N) is 2. The van der Waals surface area contributed by atoms with E-state index in [2.05, 4.69) is 42.9 Å². The molecule has 1 N–H and O–H groups in total. The number of rotatable bonds is 3. The average molecular weight is 399 g/mol. The quantitative estimate of drug-likeness (QED) is 0.521. The second kappa shape index (κ2) is 7.34. The van der Waals surface area contributed by atoms with Gasteiger partial charge in [0.15, 0.2) is 0 Å². The number of nitrogens with one attached hydrogen (secondary N) is 1. The first-order valence-electron chi connectivity index (χ1n) is 9.97. The molecule has 1 aliphatic rings. The van der Waals surface area contributed by atoms with E-state index in [4.69, 9.17) is 0 Å². The van der Waals surface area contributed by atoms with E-state index in [0.29, 0.717) is 5.69 Å². The summed E-state index contributed by atoms with van der Waals surface area (Å²) in [7, 11) is 0. The molecule has 3 aromatic rings. The molecule has 2 aromatic carbocycles. The number of amides is 2. The van der Waals surface area contributed by atoms with Gasteiger partial charge in [0.05, 0.1) is 11.4 Å². The first kappa shape index (κ1) is 19.7. The molecule has 2 heterocycles. The Hall–Kier alpha value is -3.60. The van der Waals surface area contributed by atoms with E-state index in [9.17, 15) is 9.59 Å². The van der Waals surface area contributed by atoms with Gasteiger partial charge in [-0.1, -0.05) is 35.9 Å². The Kier molecular flexibility index (Phi) is 4.82. The van der Waals surface area contributed by atoms with Crippen LogP contribution in [0, 0.1) is 34.6 Å². The standard InChI is InChI=1S/C25H25N3O2/c1-15-11-16(2)23(17(3)12-15)27-18(4)13-20(19(27)5)14-22-24(29)26-28(25(22)30)21-9-7-6-8-10-21/h6-14H,1-5H3,(H,26,29)/b22-14-. The van der Waals surface area contributed by atoms with Gasteiger partial charge in [0.1, 0.15) is 5.57 Å². The van der Waals surface area contributed by atoms with Crippen LogP contribution < -0.4 is 10.4 Å². The van der Waals surface area contributed by atoms with Gasteiger partial charge in [0.2, 0.25) is 0 Å². The average Bonchev–Trinajstić information content (AvgIpc) is 3.13. The molecule has 5 heteroatoms. The SMILES string of the molecule is Cc1cc(C)c(-n2c(C)cc(/C=C3/C(=O)NN(c4ccccc4)C3=O)c2C)c(C)c1. The van der Waals surface area contributed by atoms with Crippen molar-refractivity contribution < 1.29 is 9.59 Å². The van der Waals surface area contributed by atoms with Gasteiger partial charge in [0, 0.05) is 11.4 Å². The molecule has 152 valence electrons. The first-order chi connectivity index (χ1) is 14.3. The van der Waals surface area contributed by atoms with E-state index in [1.54, 1.807) is 18.2 Å². The zero-order valence-corrected chi connectivity index (χ0v) is 17.9. The van der Waals surface area contributed by atoms with Gasteiger partial charge < -0.3 is 4.57 Å². The Morgan fingerprint density at radius 1 is 0.867 bits per heavy atom. The minimum Gasteiger partial charge on any atom is -0.317 e. The molecule has 5 nitrogen and oxygen atoms in total. The van der Waals surface area contributed by atoms with Gasteiger partial charge in [-0.3, -0.25) is 15.0 Å². The van der Waals surface area contributed by atoms with Gasteiger partial charge in [-0.15, -0.1) is 0 Å². The lowest BCUT2D eigenvalue weighted by molar-refractivity contribution is -0.117. The number of benzene rings is 2. The van der Waals surface area contributed by atoms with Crippen molar-refractivity contribution in [3.63, 3.8) is 0 Å². The molecular weight excluding hydrogens is 374 g/mol. The number of hydrogen-bond donors (Lipinski definition) is 1. The molecule has 1 saturated heterocycles. The van der Waals surface area contributed by atoms with Crippen LogP contribution in [-0.4, -0.2) is 16.4 Å². The van der Waals surface area contributed by atoms with Crippen molar-refractivity contribution in [3.05, 3.63) is 87.7 Å². The van der Waals surface area contributed by atoms with Gasteiger partial charge in [-0.2, -0.15) is 0 Å². The molecule has 4 rings (SSSR count). The second-order valence-electron chi connectivity index (χ2n) is 7.88. The van der Waals surface area contributed by atoms with Crippen LogP contribution in [-0.2, 0) is 9.59 Å². The first-order valence-corrected chi connectivity index (χ1v) is 9.97. The van der Waals surface area contributed by atoms with Crippen LogP contribution in [0.1, 0.15) is 33.6 Å². The van der Waals surface area contributed by atoms with Crippen molar-refractivity contribution in [2.75, 3.05) is 5.01 Å². The summed E-state index contributed by atoms with van der Waals surface area (Å²) >= 11 is 0. The zero-order chi connectivity index (χ0) is 21.6. The Bertz CT molecular complexity index is 1180. The fourth-order valence-electron chi connectivity index (χ4n) is 4.27. The summed E-state index contributed by atoms with van der Waals surface area (Å²) in [6.45, 7) is 10.4. The van der Waals surface area contributed by atoms with E-state index >= 15 is 0 Å². The van der Waals surface area contributed by atoms with Crippen molar-refractivity contribution >= 4 is 23.6 Å². The molecule has 1 aliphatic heterocycles. The Balaban J connectivity index is 1.77. The van der Waals surface area contributed by atoms with Crippen molar-refractivity contribution in [2.24, 2.45) is 0 Å². The Morgan fingerprint density at radius 2 is 1.50 bits per heavy atom. The van der Waals surface area contributed by atoms with Crippen molar-refractivity contribution in [1.82, 2.24) is 9.99 Å². The van der Waals surface area contributed by atoms with Crippen LogP contribution in [0.2, 0.25) is 0 Å². The van der Waals surface area contributed by atoms with E-state index in [1.165, 1.54) is 21.7 Å². The lowest BCUT2D eigenvalue weighted by atomic mass is 10.0. The summed E-state index contributed by atoms with van der Waals surface area (Å²) in [6.07, 6.45) is 1.69. The van der Waals surface area contributed by atoms with Crippen LogP contribution in [0.5, 0.6) is 0 Å². The number of anilines is 1. The highest BCUT2D eigenvalue weighted by molar-refractivity contribution is 6.31. The fraction of sp³-hybridized carbons (Fsp3) is 0.200. The largest absolute Gasteiger partial charge is 0.317 e. The molecular formula is C25H25N3O2. The van der Waals surface area contributed by atoms with Gasteiger partial charge in [-0.05, 0) is 75.6 Å². The predicted molar refractivity (Wildman–Crippen MR) is 120 cm³/mol. The number of carbonyl (C=O) groups is 2. The maximum atomic E-state index is 12.9. The number of aromatic nitrogens is 1. The number of carbonyl (C=O) groups excluding carboxylic acids is 2. The highest BCUT2D eigenvalue weighted by atomic mass is 16.2. The zero-order valence-electron chi connectivity index (χ0n) is 17.9. The second-order valence-corrected chi connectivity index (χ2v) is 7.88. The number of hydrogen-bond acceptors (Lipinski definition) is 2. The Labute approximate surface area is 176 Å². The van der Waals surface area contributed by atoms with Gasteiger partial charge >= 0.3 is 0 Å². The normalized spacial score (nSPS) is 15.2. The maximum Gasteiger partial charge on any atom is 0.282 e. The summed E-state index contributed by atoms with van der Waals surface area (Å²) < 4.78 is 2.20. The molecule has 1 aromatic heterocycles. The molecule has 0 atom stereocenters. The predicted octanol–water partition coefficient (Wildman–Crippen LogP) is 4.48. The van der Waals surface area contributed by atoms with E-state index in [0.717, 1.165) is 22.6 Å². The summed E-state index contributed by atoms with van der Waals surface area (Å²) in [6, 6.07) is 15.5. The van der Waals surface area contributed by atoms with Gasteiger partial charge in [-0.25, -0.2) is 5.01 Å². The highest BCUT2D eigenvalue weighted by Crippen LogP contribution is 2.29. The maximum absolute atomic E-state index is 12.9. The third-order valence-electron chi connectivity index (χ3n) is 5.53. The van der Waals surface area contributed by atoms with Crippen LogP contribution in [0.3, 0.4) is 0 Å². The minimum atomic E-state index is -0.392. The third-order valence-corrected chi connectivity index (χ3v) is 5.53.